The van der Waals surface area contributed by atoms with Crippen molar-refractivity contribution >= 4 is 11.8 Å². The van der Waals surface area contributed by atoms with Crippen molar-refractivity contribution < 1.29 is 24.2 Å². The van der Waals surface area contributed by atoms with Crippen LogP contribution in [0.25, 0.3) is 0 Å². The van der Waals surface area contributed by atoms with Crippen molar-refractivity contribution in [1.29, 1.82) is 0 Å². The summed E-state index contributed by atoms with van der Waals surface area (Å²) in [4.78, 5) is 29.4. The molecule has 0 bridgehead atoms. The van der Waals surface area contributed by atoms with Gasteiger partial charge in [-0.1, -0.05) is 67.4 Å². The maximum atomic E-state index is 14.0. The van der Waals surface area contributed by atoms with Crippen LogP contribution in [0.3, 0.4) is 0 Å². The summed E-state index contributed by atoms with van der Waals surface area (Å²) in [6.07, 6.45) is 3.11. The molecule has 0 spiro atoms. The first-order valence-electron chi connectivity index (χ1n) is 12.4. The van der Waals surface area contributed by atoms with Gasteiger partial charge in [0.25, 0.3) is 5.91 Å². The quantitative estimate of drug-likeness (QED) is 0.518. The first kappa shape index (κ1) is 23.7. The Morgan fingerprint density at radius 1 is 0.917 bits per heavy atom. The van der Waals surface area contributed by atoms with Crippen LogP contribution in [0, 0.1) is 0 Å². The van der Waals surface area contributed by atoms with Crippen LogP contribution in [0.5, 0.6) is 17.2 Å². The normalized spacial score (nSPS) is 17.8. The average Bonchev–Trinajstić information content (AvgIpc) is 3.42. The van der Waals surface area contributed by atoms with Gasteiger partial charge in [0.2, 0.25) is 12.0 Å². The Kier molecular flexibility index (Phi) is 7.07. The Labute approximate surface area is 210 Å². The molecule has 186 valence electrons. The zero-order valence-corrected chi connectivity index (χ0v) is 20.0. The highest BCUT2D eigenvalue weighted by Crippen LogP contribution is 2.33. The first-order valence-corrected chi connectivity index (χ1v) is 12.4. The molecule has 2 aliphatic rings. The van der Waals surface area contributed by atoms with Crippen LogP contribution in [0.4, 0.5) is 0 Å². The minimum absolute atomic E-state index is 0.0493. The third-order valence-electron chi connectivity index (χ3n) is 6.73. The number of phenolic OH excluding ortho intramolecular Hbond substituents is 1. The van der Waals surface area contributed by atoms with Crippen LogP contribution in [-0.2, 0) is 16.1 Å². The van der Waals surface area contributed by atoms with E-state index in [1.54, 1.807) is 29.2 Å². The Balaban J connectivity index is 1.50. The predicted octanol–water partition coefficient (Wildman–Crippen LogP) is 4.36. The summed E-state index contributed by atoms with van der Waals surface area (Å²) in [7, 11) is 0. The lowest BCUT2D eigenvalue weighted by Gasteiger charge is -2.36. The maximum absolute atomic E-state index is 14.0. The number of benzene rings is 3. The molecule has 1 aliphatic carbocycles. The summed E-state index contributed by atoms with van der Waals surface area (Å²) in [5.41, 5.74) is 1.50. The number of nitrogens with zero attached hydrogens (tertiary/aromatic N) is 1. The predicted molar refractivity (Wildman–Crippen MR) is 135 cm³/mol. The summed E-state index contributed by atoms with van der Waals surface area (Å²) in [6.45, 7) is 0.262. The van der Waals surface area contributed by atoms with Gasteiger partial charge in [0.15, 0.2) is 11.5 Å². The molecule has 7 heteroatoms. The zero-order chi connectivity index (χ0) is 24.9. The zero-order valence-electron chi connectivity index (χ0n) is 20.0. The van der Waals surface area contributed by atoms with Crippen molar-refractivity contribution in [1.82, 2.24) is 10.2 Å². The molecule has 7 nitrogen and oxygen atoms in total. The van der Waals surface area contributed by atoms with Crippen molar-refractivity contribution in [3.05, 3.63) is 90.0 Å². The molecular weight excluding hydrogens is 456 g/mol. The topological polar surface area (TPSA) is 88.1 Å². The van der Waals surface area contributed by atoms with Gasteiger partial charge < -0.3 is 24.8 Å². The summed E-state index contributed by atoms with van der Waals surface area (Å²) in [5, 5.41) is 13.0. The molecule has 0 radical (unpaired) electrons. The second kappa shape index (κ2) is 10.7. The van der Waals surface area contributed by atoms with E-state index >= 15 is 0 Å². The standard InChI is InChI=1S/C29H30N2O5/c32-23-16-14-21(15-17-23)27(28(33)30-22-10-4-5-11-22)31(18-20-8-2-1-3-9-20)29(34)26-19-35-24-12-6-7-13-25(24)36-26/h1-3,6-9,12-17,22,26-27,32H,4-5,10-11,18-19H2,(H,30,33)/t26-,27+/m0/s1. The highest BCUT2D eigenvalue weighted by atomic mass is 16.6. The minimum atomic E-state index is -0.903. The summed E-state index contributed by atoms with van der Waals surface area (Å²) >= 11 is 0. The number of rotatable bonds is 7. The molecule has 2 amide bonds. The molecule has 0 unspecified atom stereocenters. The number of carbonyl (C=O) groups is 2. The van der Waals surface area contributed by atoms with Crippen LogP contribution in [-0.4, -0.2) is 40.6 Å². The molecule has 1 aliphatic heterocycles. The SMILES string of the molecule is O=C(NC1CCCC1)[C@@H](c1ccc(O)cc1)N(Cc1ccccc1)C(=O)[C@@H]1COc2ccccc2O1. The van der Waals surface area contributed by atoms with E-state index < -0.39 is 12.1 Å². The molecule has 2 atom stereocenters. The smallest absolute Gasteiger partial charge is 0.268 e. The Hall–Kier alpha value is -4.00. The molecule has 3 aromatic carbocycles. The fraction of sp³-hybridized carbons (Fsp3) is 0.310. The molecule has 1 heterocycles. The number of para-hydroxylation sites is 2. The minimum Gasteiger partial charge on any atom is -0.508 e. The molecule has 1 fully saturated rings. The van der Waals surface area contributed by atoms with Crippen molar-refractivity contribution in [2.75, 3.05) is 6.61 Å². The van der Waals surface area contributed by atoms with E-state index in [9.17, 15) is 14.7 Å². The number of fused-ring (bicyclic) bond motifs is 1. The summed E-state index contributed by atoms with van der Waals surface area (Å²) in [6, 6.07) is 22.4. The van der Waals surface area contributed by atoms with E-state index in [1.165, 1.54) is 12.1 Å². The van der Waals surface area contributed by atoms with E-state index in [2.05, 4.69) is 5.32 Å². The molecule has 0 saturated heterocycles. The van der Waals surface area contributed by atoms with Gasteiger partial charge in [-0.2, -0.15) is 0 Å². The van der Waals surface area contributed by atoms with Crippen LogP contribution < -0.4 is 14.8 Å². The van der Waals surface area contributed by atoms with Gasteiger partial charge in [-0.15, -0.1) is 0 Å². The number of phenols is 1. The number of aromatic hydroxyl groups is 1. The van der Waals surface area contributed by atoms with Crippen LogP contribution in [0.2, 0.25) is 0 Å². The second-order valence-electron chi connectivity index (χ2n) is 9.30. The number of carbonyl (C=O) groups excluding carboxylic acids is 2. The van der Waals surface area contributed by atoms with Crippen LogP contribution >= 0.6 is 0 Å². The fourth-order valence-corrected chi connectivity index (χ4v) is 4.88. The van der Waals surface area contributed by atoms with E-state index in [0.29, 0.717) is 17.1 Å². The molecule has 0 aromatic heterocycles. The van der Waals surface area contributed by atoms with E-state index in [-0.39, 0.29) is 36.8 Å². The van der Waals surface area contributed by atoms with Crippen LogP contribution in [0.1, 0.15) is 42.9 Å². The van der Waals surface area contributed by atoms with Gasteiger partial charge >= 0.3 is 0 Å². The van der Waals surface area contributed by atoms with E-state index in [0.717, 1.165) is 31.2 Å². The molecule has 3 aromatic rings. The highest BCUT2D eigenvalue weighted by molar-refractivity contribution is 5.91. The lowest BCUT2D eigenvalue weighted by Crippen LogP contribution is -2.51. The van der Waals surface area contributed by atoms with Crippen molar-refractivity contribution in [2.45, 2.75) is 50.4 Å². The summed E-state index contributed by atoms with van der Waals surface area (Å²) < 4.78 is 11.9. The monoisotopic (exact) mass is 486 g/mol. The first-order chi connectivity index (χ1) is 17.6. The third kappa shape index (κ3) is 5.30. The van der Waals surface area contributed by atoms with Gasteiger partial charge in [-0.05, 0) is 48.2 Å². The molecule has 36 heavy (non-hydrogen) atoms. The molecule has 2 N–H and O–H groups in total. The van der Waals surface area contributed by atoms with Gasteiger partial charge in [0.05, 0.1) is 0 Å². The van der Waals surface area contributed by atoms with Gasteiger partial charge in [-0.25, -0.2) is 0 Å². The molecule has 5 rings (SSSR count). The maximum Gasteiger partial charge on any atom is 0.268 e. The largest absolute Gasteiger partial charge is 0.508 e. The van der Waals surface area contributed by atoms with E-state index in [4.69, 9.17) is 9.47 Å². The van der Waals surface area contributed by atoms with Gasteiger partial charge in [-0.3, -0.25) is 9.59 Å². The summed E-state index contributed by atoms with van der Waals surface area (Å²) in [5.74, 6) is 0.598. The van der Waals surface area contributed by atoms with Gasteiger partial charge in [0, 0.05) is 12.6 Å². The number of hydrogen-bond acceptors (Lipinski definition) is 5. The van der Waals surface area contributed by atoms with Crippen LogP contribution in [0.15, 0.2) is 78.9 Å². The third-order valence-corrected chi connectivity index (χ3v) is 6.73. The Morgan fingerprint density at radius 2 is 1.58 bits per heavy atom. The van der Waals surface area contributed by atoms with Crippen molar-refractivity contribution in [3.8, 4) is 17.2 Å². The number of nitrogens with one attached hydrogen (secondary N) is 1. The van der Waals surface area contributed by atoms with Crippen molar-refractivity contribution in [3.63, 3.8) is 0 Å². The van der Waals surface area contributed by atoms with Crippen molar-refractivity contribution in [2.24, 2.45) is 0 Å². The number of amides is 2. The molecular formula is C29H30N2O5. The second-order valence-corrected chi connectivity index (χ2v) is 9.30. The lowest BCUT2D eigenvalue weighted by atomic mass is 10.0. The van der Waals surface area contributed by atoms with E-state index in [1.807, 2.05) is 42.5 Å². The van der Waals surface area contributed by atoms with Gasteiger partial charge in [0.1, 0.15) is 18.4 Å². The highest BCUT2D eigenvalue weighted by Gasteiger charge is 2.38. The molecule has 1 saturated carbocycles. The average molecular weight is 487 g/mol. The Bertz CT molecular complexity index is 1190. The Morgan fingerprint density at radius 3 is 2.31 bits per heavy atom. The fourth-order valence-electron chi connectivity index (χ4n) is 4.88. The number of hydrogen-bond donors (Lipinski definition) is 2. The lowest BCUT2D eigenvalue weighted by molar-refractivity contribution is -0.149. The number of ether oxygens (including phenoxy) is 2.